The maximum atomic E-state index is 11.1. The minimum absolute atomic E-state index is 0.645. The Balaban J connectivity index is 1.68. The van der Waals surface area contributed by atoms with Gasteiger partial charge in [0.15, 0.2) is 6.29 Å². The lowest BCUT2D eigenvalue weighted by atomic mass is 10.00. The zero-order valence-corrected chi connectivity index (χ0v) is 21.5. The van der Waals surface area contributed by atoms with Crippen molar-refractivity contribution >= 4 is 35.3 Å². The van der Waals surface area contributed by atoms with Crippen LogP contribution < -0.4 is 0 Å². The molecule has 4 N–H and O–H groups in total. The molecule has 8 heteroatoms. The van der Waals surface area contributed by atoms with E-state index < -0.39 is 34.1 Å². The van der Waals surface area contributed by atoms with Crippen LogP contribution in [0.25, 0.3) is 0 Å². The van der Waals surface area contributed by atoms with Crippen molar-refractivity contribution in [3.63, 3.8) is 0 Å². The fourth-order valence-electron chi connectivity index (χ4n) is 3.80. The number of rotatable bonds is 10. The highest BCUT2D eigenvalue weighted by Gasteiger charge is 2.54. The van der Waals surface area contributed by atoms with Crippen molar-refractivity contribution in [2.75, 3.05) is 0 Å². The van der Waals surface area contributed by atoms with Gasteiger partial charge in [0.05, 0.1) is 0 Å². The molecular weight excluding hydrogens is 500 g/mol. The van der Waals surface area contributed by atoms with Gasteiger partial charge in [0.25, 0.3) is 0 Å². The molecule has 3 aromatic rings. The quantitative estimate of drug-likeness (QED) is 0.290. The smallest absolute Gasteiger partial charge is 0.184 e. The molecule has 35 heavy (non-hydrogen) atoms. The van der Waals surface area contributed by atoms with E-state index in [2.05, 4.69) is 0 Å². The molecule has 1 aliphatic rings. The molecule has 186 valence electrons. The van der Waals surface area contributed by atoms with Gasteiger partial charge in [0.1, 0.15) is 27.8 Å². The second-order valence-corrected chi connectivity index (χ2v) is 12.8. The third-order valence-corrected chi connectivity index (χ3v) is 11.2. The number of benzene rings is 3. The van der Waals surface area contributed by atoms with E-state index in [9.17, 15) is 20.4 Å². The lowest BCUT2D eigenvalue weighted by molar-refractivity contribution is -0.279. The van der Waals surface area contributed by atoms with Crippen molar-refractivity contribution in [1.82, 2.24) is 0 Å². The number of aliphatic hydroxyl groups excluding tert-OH is 4. The molecular formula is C27H30O5S3. The topological polar surface area (TPSA) is 90.2 Å². The zero-order valence-electron chi connectivity index (χ0n) is 19.1. The molecule has 1 saturated heterocycles. The molecule has 1 aliphatic heterocycles. The third-order valence-electron chi connectivity index (χ3n) is 5.79. The van der Waals surface area contributed by atoms with E-state index in [1.165, 1.54) is 0 Å². The predicted octanol–water partition coefficient (Wildman–Crippen LogP) is 4.24. The molecule has 3 aromatic carbocycles. The second-order valence-electron chi connectivity index (χ2n) is 8.35. The molecule has 0 saturated carbocycles. The van der Waals surface area contributed by atoms with Crippen LogP contribution in [0.4, 0.5) is 0 Å². The summed E-state index contributed by atoms with van der Waals surface area (Å²) in [6.07, 6.45) is -6.99. The van der Waals surface area contributed by atoms with Crippen molar-refractivity contribution in [3.05, 3.63) is 108 Å². The first-order valence-corrected chi connectivity index (χ1v) is 14.4. The van der Waals surface area contributed by atoms with Crippen LogP contribution in [0.2, 0.25) is 0 Å². The molecule has 0 amide bonds. The summed E-state index contributed by atoms with van der Waals surface area (Å²) >= 11 is 4.84. The summed E-state index contributed by atoms with van der Waals surface area (Å²) in [6.45, 7) is 0. The Morgan fingerprint density at radius 1 is 0.543 bits per heavy atom. The van der Waals surface area contributed by atoms with Crippen LogP contribution in [0, 0.1) is 0 Å². The monoisotopic (exact) mass is 530 g/mol. The summed E-state index contributed by atoms with van der Waals surface area (Å²) in [4.78, 5) is 0. The Kier molecular flexibility index (Phi) is 9.60. The Morgan fingerprint density at radius 3 is 1.29 bits per heavy atom. The molecule has 1 heterocycles. The number of ether oxygens (including phenoxy) is 1. The fourth-order valence-corrected chi connectivity index (χ4v) is 8.62. The Hall–Kier alpha value is -1.49. The van der Waals surface area contributed by atoms with Gasteiger partial charge in [0, 0.05) is 17.3 Å². The molecule has 5 nitrogen and oxygen atoms in total. The average Bonchev–Trinajstić information content (AvgIpc) is 2.91. The van der Waals surface area contributed by atoms with Crippen molar-refractivity contribution < 1.29 is 25.2 Å². The lowest BCUT2D eigenvalue weighted by Gasteiger charge is -2.47. The largest absolute Gasteiger partial charge is 0.387 e. The van der Waals surface area contributed by atoms with Gasteiger partial charge in [-0.25, -0.2) is 0 Å². The van der Waals surface area contributed by atoms with E-state index in [1.54, 1.807) is 35.3 Å². The van der Waals surface area contributed by atoms with Crippen LogP contribution in [0.5, 0.6) is 0 Å². The van der Waals surface area contributed by atoms with Crippen LogP contribution in [-0.4, -0.2) is 54.5 Å². The van der Waals surface area contributed by atoms with Gasteiger partial charge < -0.3 is 25.2 Å². The summed E-state index contributed by atoms with van der Waals surface area (Å²) in [7, 11) is 0. The Labute approximate surface area is 218 Å². The van der Waals surface area contributed by atoms with Crippen molar-refractivity contribution in [2.24, 2.45) is 0 Å². The third kappa shape index (κ3) is 6.84. The van der Waals surface area contributed by atoms with Gasteiger partial charge in [-0.1, -0.05) is 91.0 Å². The molecule has 5 atom stereocenters. The van der Waals surface area contributed by atoms with Gasteiger partial charge in [0.2, 0.25) is 0 Å². The van der Waals surface area contributed by atoms with E-state index >= 15 is 0 Å². The van der Waals surface area contributed by atoms with E-state index in [-0.39, 0.29) is 0 Å². The maximum Gasteiger partial charge on any atom is 0.184 e. The van der Waals surface area contributed by atoms with Crippen LogP contribution >= 0.6 is 35.3 Å². The number of thioether (sulfide) groups is 3. The zero-order chi connectivity index (χ0) is 24.7. The van der Waals surface area contributed by atoms with Gasteiger partial charge in [-0.15, -0.1) is 35.3 Å². The standard InChI is InChI=1S/C27H30O5S3/c28-22-23(29)25(32-26(31)24(22)30)27(33-16-19-10-4-1-5-11-19,34-17-20-12-6-2-7-13-20)35-18-21-14-8-3-9-15-21/h1-15,22-26,28-31H,16-18H2/t22-,23+,24+,25-,26-/m0/s1. The predicted molar refractivity (Wildman–Crippen MR) is 145 cm³/mol. The first-order valence-electron chi connectivity index (χ1n) is 11.4. The van der Waals surface area contributed by atoms with Crippen LogP contribution in [0.3, 0.4) is 0 Å². The van der Waals surface area contributed by atoms with Gasteiger partial charge in [-0.2, -0.15) is 0 Å². The average molecular weight is 531 g/mol. The molecule has 0 aromatic heterocycles. The SMILES string of the molecule is O[C@@H]1[C@@H](O)[C@@H](O)O[C@H](C(SCc2ccccc2)(SCc2ccccc2)SCc2ccccc2)[C@@H]1O. The highest BCUT2D eigenvalue weighted by Crippen LogP contribution is 2.55. The minimum atomic E-state index is -1.59. The molecule has 4 rings (SSSR count). The van der Waals surface area contributed by atoms with Crippen LogP contribution in [0.1, 0.15) is 16.7 Å². The van der Waals surface area contributed by atoms with Crippen molar-refractivity contribution in [2.45, 2.75) is 51.4 Å². The second kappa shape index (κ2) is 12.7. The van der Waals surface area contributed by atoms with E-state index in [0.29, 0.717) is 17.3 Å². The van der Waals surface area contributed by atoms with Crippen molar-refractivity contribution in [3.8, 4) is 0 Å². The van der Waals surface area contributed by atoms with Crippen LogP contribution in [-0.2, 0) is 22.0 Å². The molecule has 0 bridgehead atoms. The lowest BCUT2D eigenvalue weighted by Crippen LogP contribution is -2.62. The summed E-state index contributed by atoms with van der Waals surface area (Å²) in [5.41, 5.74) is 3.36. The molecule has 0 radical (unpaired) electrons. The number of hydrogen-bond acceptors (Lipinski definition) is 8. The number of aliphatic hydroxyl groups is 4. The van der Waals surface area contributed by atoms with Crippen molar-refractivity contribution in [1.29, 1.82) is 0 Å². The first kappa shape index (κ1) is 26.6. The fraction of sp³-hybridized carbons (Fsp3) is 0.333. The highest BCUT2D eigenvalue weighted by molar-refractivity contribution is 8.33. The summed E-state index contributed by atoms with van der Waals surface area (Å²) in [6, 6.07) is 30.1. The van der Waals surface area contributed by atoms with E-state index in [4.69, 9.17) is 4.74 Å². The van der Waals surface area contributed by atoms with Gasteiger partial charge in [-0.3, -0.25) is 0 Å². The molecule has 0 spiro atoms. The molecule has 0 aliphatic carbocycles. The highest BCUT2D eigenvalue weighted by atomic mass is 32.3. The normalized spacial score (nSPS) is 24.9. The summed E-state index contributed by atoms with van der Waals surface area (Å²) in [5, 5.41) is 42.1. The first-order chi connectivity index (χ1) is 17.0. The van der Waals surface area contributed by atoms with Gasteiger partial charge >= 0.3 is 0 Å². The minimum Gasteiger partial charge on any atom is -0.387 e. The Bertz CT molecular complexity index is 919. The van der Waals surface area contributed by atoms with Gasteiger partial charge in [-0.05, 0) is 16.7 Å². The Morgan fingerprint density at radius 2 is 0.914 bits per heavy atom. The molecule has 0 unspecified atom stereocenters. The molecule has 1 fully saturated rings. The summed E-state index contributed by atoms with van der Waals surface area (Å²) < 4.78 is 5.04. The van der Waals surface area contributed by atoms with E-state index in [1.807, 2.05) is 91.0 Å². The maximum absolute atomic E-state index is 11.1. The summed E-state index contributed by atoms with van der Waals surface area (Å²) in [5.74, 6) is 1.93. The van der Waals surface area contributed by atoms with Crippen LogP contribution in [0.15, 0.2) is 91.0 Å². The number of hydrogen-bond donors (Lipinski definition) is 4. The van der Waals surface area contributed by atoms with E-state index in [0.717, 1.165) is 16.7 Å².